The average molecular weight is 270 g/mol. The minimum atomic E-state index is -0.447. The van der Waals surface area contributed by atoms with Crippen LogP contribution in [-0.4, -0.2) is 27.8 Å². The second-order valence-electron chi connectivity index (χ2n) is 4.89. The van der Waals surface area contributed by atoms with Gasteiger partial charge in [-0.2, -0.15) is 0 Å². The first-order valence-corrected chi connectivity index (χ1v) is 6.67. The maximum atomic E-state index is 12.0. The van der Waals surface area contributed by atoms with E-state index in [4.69, 9.17) is 4.74 Å². The molecule has 0 aliphatic heterocycles. The minimum absolute atomic E-state index is 0.179. The molecule has 5 heteroatoms. The summed E-state index contributed by atoms with van der Waals surface area (Å²) >= 11 is 0. The summed E-state index contributed by atoms with van der Waals surface area (Å²) in [6.45, 7) is 0. The molecular weight excluding hydrogens is 256 g/mol. The molecule has 0 unspecified atom stereocenters. The van der Waals surface area contributed by atoms with Crippen molar-refractivity contribution in [3.8, 4) is 0 Å². The Labute approximate surface area is 116 Å². The highest BCUT2D eigenvalue weighted by molar-refractivity contribution is 5.90. The van der Waals surface area contributed by atoms with Gasteiger partial charge in [-0.05, 0) is 37.1 Å². The van der Waals surface area contributed by atoms with Gasteiger partial charge < -0.3 is 4.74 Å². The molecule has 20 heavy (non-hydrogen) atoms. The van der Waals surface area contributed by atoms with E-state index in [1.54, 1.807) is 18.3 Å². The lowest BCUT2D eigenvalue weighted by molar-refractivity contribution is -0.122. The molecule has 0 N–H and O–H groups in total. The van der Waals surface area contributed by atoms with Gasteiger partial charge in [-0.15, -0.1) is 0 Å². The molecule has 0 bridgehead atoms. The summed E-state index contributed by atoms with van der Waals surface area (Å²) in [5.41, 5.74) is 0.786. The maximum Gasteiger partial charge on any atom is 0.357 e. The molecule has 0 aromatic carbocycles. The van der Waals surface area contributed by atoms with Crippen LogP contribution in [0.3, 0.4) is 0 Å². The molecule has 0 saturated heterocycles. The molecule has 5 nitrogen and oxygen atoms in total. The Morgan fingerprint density at radius 2 is 2.00 bits per heavy atom. The van der Waals surface area contributed by atoms with Gasteiger partial charge in [0.25, 0.3) is 0 Å². The second kappa shape index (κ2) is 5.36. The monoisotopic (exact) mass is 270 g/mol. The van der Waals surface area contributed by atoms with Crippen LogP contribution in [0.1, 0.15) is 36.2 Å². The van der Waals surface area contributed by atoms with Gasteiger partial charge >= 0.3 is 5.97 Å². The van der Waals surface area contributed by atoms with Crippen LogP contribution < -0.4 is 0 Å². The summed E-state index contributed by atoms with van der Waals surface area (Å²) in [7, 11) is 0. The van der Waals surface area contributed by atoms with Crippen LogP contribution in [0.2, 0.25) is 0 Å². The van der Waals surface area contributed by atoms with Crippen LogP contribution in [0.25, 0.3) is 11.0 Å². The van der Waals surface area contributed by atoms with Crippen LogP contribution in [0.5, 0.6) is 0 Å². The number of ketones is 1. The van der Waals surface area contributed by atoms with Crippen molar-refractivity contribution in [3.63, 3.8) is 0 Å². The lowest BCUT2D eigenvalue weighted by Crippen LogP contribution is -2.24. The Kier molecular flexibility index (Phi) is 3.41. The summed E-state index contributed by atoms with van der Waals surface area (Å²) < 4.78 is 5.39. The van der Waals surface area contributed by atoms with Gasteiger partial charge in [0.05, 0.1) is 0 Å². The van der Waals surface area contributed by atoms with Gasteiger partial charge in [0.15, 0.2) is 11.3 Å². The van der Waals surface area contributed by atoms with E-state index in [0.29, 0.717) is 31.3 Å². The number of carbonyl (C=O) groups is 2. The highest BCUT2D eigenvalue weighted by Crippen LogP contribution is 2.19. The molecule has 1 aliphatic rings. The van der Waals surface area contributed by atoms with E-state index in [0.717, 1.165) is 5.39 Å². The first-order valence-electron chi connectivity index (χ1n) is 6.67. The molecule has 2 aromatic heterocycles. The summed E-state index contributed by atoms with van der Waals surface area (Å²) in [6, 6.07) is 7.15. The number of hydrogen-bond acceptors (Lipinski definition) is 5. The van der Waals surface area contributed by atoms with Crippen molar-refractivity contribution in [3.05, 3.63) is 36.2 Å². The number of aromatic nitrogens is 2. The molecule has 1 aliphatic carbocycles. The Balaban J connectivity index is 1.73. The van der Waals surface area contributed by atoms with Gasteiger partial charge in [0.2, 0.25) is 0 Å². The van der Waals surface area contributed by atoms with E-state index in [1.807, 2.05) is 12.1 Å². The predicted molar refractivity (Wildman–Crippen MR) is 72.2 cm³/mol. The molecule has 0 spiro atoms. The van der Waals surface area contributed by atoms with Crippen LogP contribution in [0, 0.1) is 0 Å². The SMILES string of the molecule is O=C1CCC(OC(=O)c2ccc3cccnc3n2)CC1. The third-order valence-electron chi connectivity index (χ3n) is 3.44. The predicted octanol–water partition coefficient (Wildman–Crippen LogP) is 2.30. The molecule has 102 valence electrons. The minimum Gasteiger partial charge on any atom is -0.458 e. The molecule has 0 radical (unpaired) electrons. The average Bonchev–Trinajstić information content (AvgIpc) is 2.49. The van der Waals surface area contributed by atoms with Crippen LogP contribution in [0.15, 0.2) is 30.5 Å². The van der Waals surface area contributed by atoms with E-state index in [1.165, 1.54) is 0 Å². The van der Waals surface area contributed by atoms with Gasteiger partial charge in [-0.3, -0.25) is 4.79 Å². The number of rotatable bonds is 2. The Morgan fingerprint density at radius 1 is 1.20 bits per heavy atom. The molecule has 0 amide bonds. The summed E-state index contributed by atoms with van der Waals surface area (Å²) in [5, 5.41) is 0.882. The number of pyridine rings is 2. The van der Waals surface area contributed by atoms with Gasteiger partial charge in [-0.1, -0.05) is 0 Å². The van der Waals surface area contributed by atoms with Crippen molar-refractivity contribution in [1.82, 2.24) is 9.97 Å². The fraction of sp³-hybridized carbons (Fsp3) is 0.333. The van der Waals surface area contributed by atoms with Gasteiger partial charge in [0.1, 0.15) is 11.9 Å². The lowest BCUT2D eigenvalue weighted by atomic mass is 9.96. The van der Waals surface area contributed by atoms with Gasteiger partial charge in [-0.25, -0.2) is 14.8 Å². The van der Waals surface area contributed by atoms with E-state index in [2.05, 4.69) is 9.97 Å². The normalized spacial score (nSPS) is 16.3. The van der Waals surface area contributed by atoms with Gasteiger partial charge in [0, 0.05) is 24.4 Å². The molecule has 1 saturated carbocycles. The molecule has 2 heterocycles. The molecule has 3 rings (SSSR count). The van der Waals surface area contributed by atoms with E-state index >= 15 is 0 Å². The van der Waals surface area contributed by atoms with Crippen molar-refractivity contribution in [2.45, 2.75) is 31.8 Å². The first-order chi connectivity index (χ1) is 9.72. The number of Topliss-reactive ketones (excluding diaryl/α,β-unsaturated/α-hetero) is 1. The largest absolute Gasteiger partial charge is 0.458 e. The summed E-state index contributed by atoms with van der Waals surface area (Å²) in [4.78, 5) is 31.5. The highest BCUT2D eigenvalue weighted by Gasteiger charge is 2.23. The van der Waals surface area contributed by atoms with Crippen molar-refractivity contribution in [2.24, 2.45) is 0 Å². The quantitative estimate of drug-likeness (QED) is 0.783. The van der Waals surface area contributed by atoms with Crippen molar-refractivity contribution in [2.75, 3.05) is 0 Å². The lowest BCUT2D eigenvalue weighted by Gasteiger charge is -2.20. The maximum absolute atomic E-state index is 12.0. The zero-order chi connectivity index (χ0) is 13.9. The second-order valence-corrected chi connectivity index (χ2v) is 4.89. The standard InChI is InChI=1S/C15H14N2O3/c18-11-4-6-12(7-5-11)20-15(19)13-8-3-10-2-1-9-16-14(10)17-13/h1-3,8-9,12H,4-7H2. The Hall–Kier alpha value is -2.30. The fourth-order valence-electron chi connectivity index (χ4n) is 2.31. The van der Waals surface area contributed by atoms with E-state index < -0.39 is 5.97 Å². The molecular formula is C15H14N2O3. The van der Waals surface area contributed by atoms with Crippen LogP contribution in [-0.2, 0) is 9.53 Å². The zero-order valence-corrected chi connectivity index (χ0v) is 10.9. The number of ether oxygens (including phenoxy) is 1. The fourth-order valence-corrected chi connectivity index (χ4v) is 2.31. The number of esters is 1. The van der Waals surface area contributed by atoms with Crippen LogP contribution >= 0.6 is 0 Å². The molecule has 0 atom stereocenters. The van der Waals surface area contributed by atoms with Crippen molar-refractivity contribution >= 4 is 22.8 Å². The third-order valence-corrected chi connectivity index (χ3v) is 3.44. The zero-order valence-electron chi connectivity index (χ0n) is 10.9. The Morgan fingerprint density at radius 3 is 2.80 bits per heavy atom. The number of carbonyl (C=O) groups excluding carboxylic acids is 2. The number of nitrogens with zero attached hydrogens (tertiary/aromatic N) is 2. The van der Waals surface area contributed by atoms with E-state index in [9.17, 15) is 9.59 Å². The summed E-state index contributed by atoms with van der Waals surface area (Å²) in [5.74, 6) is -0.206. The molecule has 1 fully saturated rings. The molecule has 2 aromatic rings. The van der Waals surface area contributed by atoms with Crippen LogP contribution in [0.4, 0.5) is 0 Å². The first kappa shape index (κ1) is 12.7. The highest BCUT2D eigenvalue weighted by atomic mass is 16.5. The summed E-state index contributed by atoms with van der Waals surface area (Å²) in [6.07, 6.45) is 3.65. The smallest absolute Gasteiger partial charge is 0.357 e. The van der Waals surface area contributed by atoms with Crippen molar-refractivity contribution in [1.29, 1.82) is 0 Å². The number of fused-ring (bicyclic) bond motifs is 1. The number of hydrogen-bond donors (Lipinski definition) is 0. The Bertz CT molecular complexity index is 659. The van der Waals surface area contributed by atoms with Crippen molar-refractivity contribution < 1.29 is 14.3 Å². The topological polar surface area (TPSA) is 69.2 Å². The third kappa shape index (κ3) is 2.66. The van der Waals surface area contributed by atoms with E-state index in [-0.39, 0.29) is 17.6 Å².